The molecular weight excluding hydrogens is 308 g/mol. The van der Waals surface area contributed by atoms with Crippen LogP contribution in [0.5, 0.6) is 0 Å². The monoisotopic (exact) mass is 328 g/mol. The third kappa shape index (κ3) is 3.70. The zero-order valence-corrected chi connectivity index (χ0v) is 13.7. The van der Waals surface area contributed by atoms with Gasteiger partial charge in [-0.3, -0.25) is 9.59 Å². The zero-order valence-electron chi connectivity index (χ0n) is 13.7. The quantitative estimate of drug-likeness (QED) is 0.545. The largest absolute Gasteiger partial charge is 0.466 e. The molecule has 1 fully saturated rings. The first-order valence-electron chi connectivity index (χ1n) is 7.14. The van der Waals surface area contributed by atoms with E-state index in [2.05, 4.69) is 0 Å². The molecule has 23 heavy (non-hydrogen) atoms. The van der Waals surface area contributed by atoms with Crippen molar-refractivity contribution in [1.82, 2.24) is 0 Å². The lowest BCUT2D eigenvalue weighted by molar-refractivity contribution is -0.184. The Morgan fingerprint density at radius 1 is 1.09 bits per heavy atom. The minimum Gasteiger partial charge on any atom is -0.466 e. The number of fused-ring (bicyclic) bond motifs is 1. The van der Waals surface area contributed by atoms with Gasteiger partial charge in [-0.1, -0.05) is 0 Å². The molecule has 2 aliphatic rings. The van der Waals surface area contributed by atoms with E-state index >= 15 is 0 Å². The molecule has 0 amide bonds. The summed E-state index contributed by atoms with van der Waals surface area (Å²) in [7, 11) is 1.23. The van der Waals surface area contributed by atoms with Gasteiger partial charge in [0.15, 0.2) is 18.0 Å². The van der Waals surface area contributed by atoms with E-state index in [1.807, 2.05) is 0 Å². The molecule has 0 unspecified atom stereocenters. The molecule has 0 bridgehead atoms. The molecule has 0 N–H and O–H groups in total. The van der Waals surface area contributed by atoms with Crippen molar-refractivity contribution in [2.24, 2.45) is 0 Å². The molecule has 128 valence electrons. The summed E-state index contributed by atoms with van der Waals surface area (Å²) < 4.78 is 26.7. The molecule has 0 saturated carbocycles. The second-order valence-electron chi connectivity index (χ2n) is 5.78. The molecule has 0 aromatic rings. The summed E-state index contributed by atoms with van der Waals surface area (Å²) in [6.45, 7) is 5.80. The van der Waals surface area contributed by atoms with E-state index in [1.165, 1.54) is 27.0 Å². The third-order valence-corrected chi connectivity index (χ3v) is 3.45. The molecule has 0 aromatic carbocycles. The highest BCUT2D eigenvalue weighted by atomic mass is 16.8. The highest BCUT2D eigenvalue weighted by Crippen LogP contribution is 2.39. The lowest BCUT2D eigenvalue weighted by atomic mass is 9.89. The average Bonchev–Trinajstić information content (AvgIpc) is 2.74. The van der Waals surface area contributed by atoms with Gasteiger partial charge in [0.05, 0.1) is 12.7 Å². The summed E-state index contributed by atoms with van der Waals surface area (Å²) in [5, 5.41) is 0. The fraction of sp³-hybridized carbons (Fsp3) is 0.667. The number of rotatable bonds is 3. The molecule has 0 spiro atoms. The zero-order chi connectivity index (χ0) is 17.4. The molecule has 1 aliphatic heterocycles. The average molecular weight is 328 g/mol. The molecule has 1 heterocycles. The molecule has 1 aliphatic carbocycles. The van der Waals surface area contributed by atoms with E-state index in [4.69, 9.17) is 23.7 Å². The minimum absolute atomic E-state index is 0.165. The van der Waals surface area contributed by atoms with Gasteiger partial charge in [0.1, 0.15) is 12.2 Å². The Bertz CT molecular complexity index is 550. The van der Waals surface area contributed by atoms with Gasteiger partial charge in [-0.2, -0.15) is 0 Å². The second kappa shape index (κ2) is 6.29. The van der Waals surface area contributed by atoms with Crippen LogP contribution in [-0.2, 0) is 38.1 Å². The van der Waals surface area contributed by atoms with Crippen molar-refractivity contribution < 1.29 is 38.1 Å². The van der Waals surface area contributed by atoms with Crippen LogP contribution in [0.15, 0.2) is 11.6 Å². The van der Waals surface area contributed by atoms with Crippen LogP contribution in [0, 0.1) is 0 Å². The first kappa shape index (κ1) is 17.4. The summed E-state index contributed by atoms with van der Waals surface area (Å²) in [5.74, 6) is -2.76. The van der Waals surface area contributed by atoms with Crippen molar-refractivity contribution in [3.63, 3.8) is 0 Å². The lowest BCUT2D eigenvalue weighted by Crippen LogP contribution is -2.51. The van der Waals surface area contributed by atoms with Crippen molar-refractivity contribution in [3.8, 4) is 0 Å². The Morgan fingerprint density at radius 3 is 2.22 bits per heavy atom. The van der Waals surface area contributed by atoms with Crippen molar-refractivity contribution in [1.29, 1.82) is 0 Å². The van der Waals surface area contributed by atoms with Crippen LogP contribution in [0.25, 0.3) is 0 Å². The van der Waals surface area contributed by atoms with Crippen LogP contribution >= 0.6 is 0 Å². The number of carbonyl (C=O) groups excluding carboxylic acids is 3. The summed E-state index contributed by atoms with van der Waals surface area (Å²) in [5.41, 5.74) is 0.165. The number of carbonyl (C=O) groups is 3. The summed E-state index contributed by atoms with van der Waals surface area (Å²) in [4.78, 5) is 34.7. The SMILES string of the molecule is COC(=O)C1=C[C@@H](OC(C)=O)[C@@H](OC(C)=O)[C@@H]2OC(C)(C)O[C@H]12. The van der Waals surface area contributed by atoms with Crippen molar-refractivity contribution in [3.05, 3.63) is 11.6 Å². The molecule has 8 heteroatoms. The van der Waals surface area contributed by atoms with Gasteiger partial charge in [-0.25, -0.2) is 4.79 Å². The molecule has 2 rings (SSSR count). The summed E-state index contributed by atoms with van der Waals surface area (Å²) >= 11 is 0. The first-order valence-corrected chi connectivity index (χ1v) is 7.14. The van der Waals surface area contributed by atoms with E-state index in [9.17, 15) is 14.4 Å². The van der Waals surface area contributed by atoms with Gasteiger partial charge in [0.2, 0.25) is 0 Å². The Kier molecular flexibility index (Phi) is 4.76. The highest BCUT2D eigenvalue weighted by molar-refractivity contribution is 5.90. The Labute approximate surface area is 133 Å². The highest BCUT2D eigenvalue weighted by Gasteiger charge is 2.55. The second-order valence-corrected chi connectivity index (χ2v) is 5.78. The van der Waals surface area contributed by atoms with Crippen molar-refractivity contribution >= 4 is 17.9 Å². The maximum Gasteiger partial charge on any atom is 0.336 e. The van der Waals surface area contributed by atoms with Gasteiger partial charge in [0, 0.05) is 13.8 Å². The number of esters is 3. The number of methoxy groups -OCH3 is 1. The van der Waals surface area contributed by atoms with Crippen LogP contribution in [-0.4, -0.2) is 55.2 Å². The van der Waals surface area contributed by atoms with Crippen LogP contribution in [0.2, 0.25) is 0 Å². The number of ether oxygens (including phenoxy) is 5. The minimum atomic E-state index is -0.994. The van der Waals surface area contributed by atoms with Gasteiger partial charge < -0.3 is 23.7 Å². The Morgan fingerprint density at radius 2 is 1.70 bits per heavy atom. The van der Waals surface area contributed by atoms with Crippen LogP contribution in [0.1, 0.15) is 27.7 Å². The lowest BCUT2D eigenvalue weighted by Gasteiger charge is -2.34. The first-order chi connectivity index (χ1) is 10.6. The molecule has 0 radical (unpaired) electrons. The third-order valence-electron chi connectivity index (χ3n) is 3.45. The maximum atomic E-state index is 12.0. The predicted molar refractivity (Wildman–Crippen MR) is 75.0 cm³/mol. The van der Waals surface area contributed by atoms with E-state index in [0.717, 1.165) is 0 Å². The van der Waals surface area contributed by atoms with Crippen molar-refractivity contribution in [2.45, 2.75) is 57.9 Å². The van der Waals surface area contributed by atoms with E-state index in [1.54, 1.807) is 13.8 Å². The van der Waals surface area contributed by atoms with Crippen molar-refractivity contribution in [2.75, 3.05) is 7.11 Å². The molecule has 1 saturated heterocycles. The number of hydrogen-bond acceptors (Lipinski definition) is 8. The summed E-state index contributed by atoms with van der Waals surface area (Å²) in [6.07, 6.45) is -2.08. The Hall–Kier alpha value is -1.93. The van der Waals surface area contributed by atoms with Gasteiger partial charge in [-0.05, 0) is 19.9 Å². The van der Waals surface area contributed by atoms with E-state index < -0.39 is 48.1 Å². The molecular formula is C15H20O8. The van der Waals surface area contributed by atoms with Gasteiger partial charge in [0.25, 0.3) is 0 Å². The predicted octanol–water partition coefficient (Wildman–Crippen LogP) is 0.483. The molecule has 4 atom stereocenters. The standard InChI is InChI=1S/C15H20O8/c1-7(16)20-10-6-9(14(18)19-5)11-13(12(10)21-8(2)17)23-15(3,4)22-11/h6,10-13H,1-5H3/t10-,11-,12-,13-/m1/s1. The van der Waals surface area contributed by atoms with Crippen LogP contribution in [0.4, 0.5) is 0 Å². The van der Waals surface area contributed by atoms with Crippen LogP contribution < -0.4 is 0 Å². The Balaban J connectivity index is 2.43. The van der Waals surface area contributed by atoms with Gasteiger partial charge in [-0.15, -0.1) is 0 Å². The van der Waals surface area contributed by atoms with Gasteiger partial charge >= 0.3 is 17.9 Å². The molecule has 8 nitrogen and oxygen atoms in total. The van der Waals surface area contributed by atoms with E-state index in [-0.39, 0.29) is 5.57 Å². The number of hydrogen-bond donors (Lipinski definition) is 0. The van der Waals surface area contributed by atoms with E-state index in [0.29, 0.717) is 0 Å². The van der Waals surface area contributed by atoms with Crippen LogP contribution in [0.3, 0.4) is 0 Å². The smallest absolute Gasteiger partial charge is 0.336 e. The summed E-state index contributed by atoms with van der Waals surface area (Å²) in [6, 6.07) is 0. The molecule has 0 aromatic heterocycles. The topological polar surface area (TPSA) is 97.4 Å². The maximum absolute atomic E-state index is 12.0. The normalized spacial score (nSPS) is 31.6. The fourth-order valence-corrected chi connectivity index (χ4v) is 2.74. The fourth-order valence-electron chi connectivity index (χ4n) is 2.74.